The van der Waals surface area contributed by atoms with Gasteiger partial charge < -0.3 is 19.2 Å². The number of nitrogens with one attached hydrogen (secondary N) is 1. The average Bonchev–Trinajstić information content (AvgIpc) is 3.08. The second-order valence-electron chi connectivity index (χ2n) is 6.34. The molecule has 0 saturated carbocycles. The minimum Gasteiger partial charge on any atom is -0.474 e. The summed E-state index contributed by atoms with van der Waals surface area (Å²) < 4.78 is 56.7. The molecule has 0 aliphatic heterocycles. The highest BCUT2D eigenvalue weighted by atomic mass is 19.3. The highest BCUT2D eigenvalue weighted by Gasteiger charge is 2.32. The molecule has 3 rings (SSSR count). The zero-order chi connectivity index (χ0) is 21.2. The fourth-order valence-corrected chi connectivity index (χ4v) is 2.35. The quantitative estimate of drug-likeness (QED) is 0.636. The van der Waals surface area contributed by atoms with Crippen molar-refractivity contribution in [1.82, 2.24) is 20.3 Å². The Kier molecular flexibility index (Phi) is 5.57. The summed E-state index contributed by atoms with van der Waals surface area (Å²) in [6, 6.07) is 2.29. The molecule has 0 spiro atoms. The molecule has 1 N–H and O–H groups in total. The van der Waals surface area contributed by atoms with Crippen molar-refractivity contribution in [2.45, 2.75) is 32.7 Å². The van der Waals surface area contributed by atoms with E-state index in [0.29, 0.717) is 6.92 Å². The molecule has 0 saturated heterocycles. The Morgan fingerprint density at radius 2 is 1.97 bits per heavy atom. The topological polar surface area (TPSA) is 99.4 Å². The third kappa shape index (κ3) is 4.92. The first-order valence-corrected chi connectivity index (χ1v) is 8.50. The number of fused-ring (bicyclic) bond motifs is 1. The number of nitrogens with zero attached hydrogens (tertiary/aromatic N) is 3. The second-order valence-corrected chi connectivity index (χ2v) is 6.34. The summed E-state index contributed by atoms with van der Waals surface area (Å²) in [6.07, 6.45) is 2.46. The van der Waals surface area contributed by atoms with Gasteiger partial charge in [-0.1, -0.05) is 0 Å². The monoisotopic (exact) mass is 410 g/mol. The van der Waals surface area contributed by atoms with Crippen molar-refractivity contribution in [3.05, 3.63) is 36.2 Å². The predicted octanol–water partition coefficient (Wildman–Crippen LogP) is 3.56. The van der Waals surface area contributed by atoms with E-state index in [1.165, 1.54) is 31.5 Å². The molecule has 2 aromatic heterocycles. The van der Waals surface area contributed by atoms with Gasteiger partial charge in [0, 0.05) is 13.8 Å². The fraction of sp³-hybridized carbons (Fsp3) is 0.333. The maximum Gasteiger partial charge on any atom is 0.319 e. The first-order chi connectivity index (χ1) is 13.6. The molecule has 0 aliphatic rings. The van der Waals surface area contributed by atoms with E-state index >= 15 is 0 Å². The molecule has 0 aliphatic carbocycles. The third-order valence-corrected chi connectivity index (χ3v) is 3.59. The molecule has 154 valence electrons. The maximum absolute atomic E-state index is 14.5. The smallest absolute Gasteiger partial charge is 0.319 e. The van der Waals surface area contributed by atoms with E-state index in [9.17, 15) is 18.0 Å². The van der Waals surface area contributed by atoms with E-state index in [1.54, 1.807) is 6.92 Å². The molecular formula is C18H17F3N4O4. The van der Waals surface area contributed by atoms with Crippen LogP contribution in [0, 0.1) is 5.82 Å². The zero-order valence-corrected chi connectivity index (χ0v) is 15.7. The van der Waals surface area contributed by atoms with Gasteiger partial charge in [0.15, 0.2) is 11.3 Å². The Labute approximate surface area is 163 Å². The minimum absolute atomic E-state index is 0.0499. The lowest BCUT2D eigenvalue weighted by molar-refractivity contribution is -0.119. The number of hydrogen-bond donors (Lipinski definition) is 1. The largest absolute Gasteiger partial charge is 0.474 e. The summed E-state index contributed by atoms with van der Waals surface area (Å²) in [5.41, 5.74) is -0.506. The number of benzene rings is 1. The molecule has 0 fully saturated rings. The predicted molar refractivity (Wildman–Crippen MR) is 94.4 cm³/mol. The van der Waals surface area contributed by atoms with Crippen molar-refractivity contribution in [2.75, 3.05) is 6.61 Å². The van der Waals surface area contributed by atoms with Gasteiger partial charge in [-0.25, -0.2) is 15.0 Å². The normalized spacial score (nSPS) is 12.6. The van der Waals surface area contributed by atoms with Crippen LogP contribution in [0.15, 0.2) is 28.9 Å². The van der Waals surface area contributed by atoms with Gasteiger partial charge in [0.05, 0.1) is 18.4 Å². The molecule has 1 amide bonds. The van der Waals surface area contributed by atoms with Crippen molar-refractivity contribution in [3.63, 3.8) is 0 Å². The fourth-order valence-electron chi connectivity index (χ4n) is 2.35. The van der Waals surface area contributed by atoms with Crippen molar-refractivity contribution >= 4 is 17.0 Å². The van der Waals surface area contributed by atoms with Crippen LogP contribution in [0.3, 0.4) is 0 Å². The van der Waals surface area contributed by atoms with Crippen LogP contribution in [0.2, 0.25) is 0 Å². The van der Waals surface area contributed by atoms with Crippen LogP contribution in [0.25, 0.3) is 11.1 Å². The van der Waals surface area contributed by atoms with Gasteiger partial charge in [-0.15, -0.1) is 0 Å². The zero-order valence-electron chi connectivity index (χ0n) is 15.7. The summed E-state index contributed by atoms with van der Waals surface area (Å²) in [4.78, 5) is 22.5. The lowest BCUT2D eigenvalue weighted by Gasteiger charge is -2.13. The number of aromatic nitrogens is 3. The highest BCUT2D eigenvalue weighted by Crippen LogP contribution is 2.34. The van der Waals surface area contributed by atoms with Crippen molar-refractivity contribution in [2.24, 2.45) is 0 Å². The first-order valence-electron chi connectivity index (χ1n) is 8.50. The molecule has 11 heteroatoms. The number of hydrogen-bond acceptors (Lipinski definition) is 7. The molecule has 3 aromatic rings. The second kappa shape index (κ2) is 7.94. The van der Waals surface area contributed by atoms with Gasteiger partial charge in [0.2, 0.25) is 23.5 Å². The summed E-state index contributed by atoms with van der Waals surface area (Å²) in [5.74, 6) is -5.57. The number of alkyl halides is 2. The number of amides is 1. The molecule has 1 atom stereocenters. The van der Waals surface area contributed by atoms with Gasteiger partial charge in [-0.2, -0.15) is 13.2 Å². The van der Waals surface area contributed by atoms with Crippen molar-refractivity contribution in [1.29, 1.82) is 0 Å². The molecule has 0 bridgehead atoms. The van der Waals surface area contributed by atoms with E-state index in [-0.39, 0.29) is 41.6 Å². The Balaban J connectivity index is 1.70. The molecular weight excluding hydrogens is 393 g/mol. The molecule has 8 nitrogen and oxygen atoms in total. The lowest BCUT2D eigenvalue weighted by Crippen LogP contribution is -2.35. The Bertz CT molecular complexity index is 1020. The first kappa shape index (κ1) is 20.4. The Morgan fingerprint density at radius 1 is 1.28 bits per heavy atom. The minimum atomic E-state index is -3.34. The van der Waals surface area contributed by atoms with E-state index in [0.717, 1.165) is 0 Å². The number of rotatable bonds is 7. The van der Waals surface area contributed by atoms with Gasteiger partial charge in [-0.3, -0.25) is 4.79 Å². The SMILES string of the molecule is CC(=O)N[C@@H](C)COc1cnc(Oc2ccc3nc(C(C)(F)F)oc3c2F)cn1. The van der Waals surface area contributed by atoms with Gasteiger partial charge in [0.1, 0.15) is 12.1 Å². The van der Waals surface area contributed by atoms with E-state index < -0.39 is 23.2 Å². The molecule has 2 heterocycles. The van der Waals surface area contributed by atoms with Gasteiger partial charge >= 0.3 is 5.92 Å². The highest BCUT2D eigenvalue weighted by molar-refractivity contribution is 5.75. The number of oxazole rings is 1. The lowest BCUT2D eigenvalue weighted by atomic mass is 10.3. The van der Waals surface area contributed by atoms with E-state index in [2.05, 4.69) is 20.3 Å². The molecule has 1 aromatic carbocycles. The number of carbonyl (C=O) groups excluding carboxylic acids is 1. The average molecular weight is 410 g/mol. The Morgan fingerprint density at radius 3 is 2.59 bits per heavy atom. The maximum atomic E-state index is 14.5. The number of carbonyl (C=O) groups is 1. The van der Waals surface area contributed by atoms with Crippen LogP contribution in [0.1, 0.15) is 26.7 Å². The van der Waals surface area contributed by atoms with Gasteiger partial charge in [0.25, 0.3) is 5.89 Å². The van der Waals surface area contributed by atoms with E-state index in [1.807, 2.05) is 0 Å². The molecule has 29 heavy (non-hydrogen) atoms. The van der Waals surface area contributed by atoms with Crippen molar-refractivity contribution in [3.8, 4) is 17.5 Å². The number of halogens is 3. The van der Waals surface area contributed by atoms with E-state index in [4.69, 9.17) is 13.9 Å². The van der Waals surface area contributed by atoms with Crippen LogP contribution >= 0.6 is 0 Å². The summed E-state index contributed by atoms with van der Waals surface area (Å²) >= 11 is 0. The van der Waals surface area contributed by atoms with Crippen LogP contribution in [-0.2, 0) is 10.7 Å². The molecule has 0 unspecified atom stereocenters. The van der Waals surface area contributed by atoms with Crippen LogP contribution in [0.4, 0.5) is 13.2 Å². The standard InChI is InChI=1S/C18H17F3N4O4/c1-9(24-10(2)26)8-27-13-6-23-14(7-22-13)28-12-5-4-11-16(15(12)19)29-17(25-11)18(3,20)21/h4-7,9H,8H2,1-3H3,(H,24,26)/t9-/m0/s1. The Hall–Kier alpha value is -3.37. The van der Waals surface area contributed by atoms with Gasteiger partial charge in [-0.05, 0) is 19.1 Å². The summed E-state index contributed by atoms with van der Waals surface area (Å²) in [6.45, 7) is 3.93. The molecule has 0 radical (unpaired) electrons. The van der Waals surface area contributed by atoms with Crippen molar-refractivity contribution < 1.29 is 31.9 Å². The number of ether oxygens (including phenoxy) is 2. The third-order valence-electron chi connectivity index (χ3n) is 3.59. The van der Waals surface area contributed by atoms with Crippen LogP contribution < -0.4 is 14.8 Å². The van der Waals surface area contributed by atoms with Crippen LogP contribution in [0.5, 0.6) is 17.5 Å². The summed E-state index contributed by atoms with van der Waals surface area (Å²) in [7, 11) is 0. The van der Waals surface area contributed by atoms with Crippen LogP contribution in [-0.4, -0.2) is 33.5 Å². The summed E-state index contributed by atoms with van der Waals surface area (Å²) in [5, 5.41) is 2.65.